The molecule has 0 saturated carbocycles. The quantitative estimate of drug-likeness (QED) is 0.197. The van der Waals surface area contributed by atoms with Gasteiger partial charge in [0.25, 0.3) is 0 Å². The van der Waals surface area contributed by atoms with E-state index in [-0.39, 0.29) is 0 Å². The van der Waals surface area contributed by atoms with Crippen LogP contribution < -0.4 is 9.64 Å². The monoisotopic (exact) mass is 599 g/mol. The lowest BCUT2D eigenvalue weighted by molar-refractivity contribution is 0.483. The molecule has 3 aromatic heterocycles. The predicted molar refractivity (Wildman–Crippen MR) is 181 cm³/mol. The van der Waals surface area contributed by atoms with Crippen LogP contribution in [0.1, 0.15) is 0 Å². The van der Waals surface area contributed by atoms with Gasteiger partial charge < -0.3 is 9.64 Å². The SMILES string of the molecule is c1ccc(-n2c3ccccc3c3ccc(Oc4cccc(-n5cc(N6c7ccccc7Sc7ccccc76)cn5)c4)cc32)nc1. The maximum Gasteiger partial charge on any atom is 0.137 e. The van der Waals surface area contributed by atoms with Crippen molar-refractivity contribution in [3.8, 4) is 23.0 Å². The fourth-order valence-corrected chi connectivity index (χ4v) is 7.18. The van der Waals surface area contributed by atoms with Crippen molar-refractivity contribution in [1.29, 1.82) is 0 Å². The number of ether oxygens (including phenoxy) is 1. The number of hydrogen-bond acceptors (Lipinski definition) is 5. The van der Waals surface area contributed by atoms with Crippen LogP contribution in [0.25, 0.3) is 33.3 Å². The molecule has 0 atom stereocenters. The highest BCUT2D eigenvalue weighted by molar-refractivity contribution is 7.99. The fourth-order valence-electron chi connectivity index (χ4n) is 6.13. The van der Waals surface area contributed by atoms with Crippen molar-refractivity contribution in [2.24, 2.45) is 0 Å². The summed E-state index contributed by atoms with van der Waals surface area (Å²) in [7, 11) is 0. The molecule has 6 nitrogen and oxygen atoms in total. The summed E-state index contributed by atoms with van der Waals surface area (Å²) >= 11 is 1.80. The summed E-state index contributed by atoms with van der Waals surface area (Å²) < 4.78 is 10.6. The van der Waals surface area contributed by atoms with Crippen LogP contribution in [-0.2, 0) is 0 Å². The molecule has 45 heavy (non-hydrogen) atoms. The first-order valence-corrected chi connectivity index (χ1v) is 15.6. The molecule has 0 bridgehead atoms. The highest BCUT2D eigenvalue weighted by Gasteiger charge is 2.25. The van der Waals surface area contributed by atoms with Gasteiger partial charge in [0.1, 0.15) is 17.3 Å². The number of hydrogen-bond donors (Lipinski definition) is 0. The number of benzene rings is 5. The maximum atomic E-state index is 6.46. The summed E-state index contributed by atoms with van der Waals surface area (Å²) in [6, 6.07) is 45.7. The first kappa shape index (κ1) is 25.7. The topological polar surface area (TPSA) is 48.1 Å². The van der Waals surface area contributed by atoms with E-state index in [2.05, 4.69) is 106 Å². The predicted octanol–water partition coefficient (Wildman–Crippen LogP) is 10.1. The Balaban J connectivity index is 1.07. The molecule has 0 saturated heterocycles. The molecule has 0 unspecified atom stereocenters. The Kier molecular flexibility index (Phi) is 5.96. The summed E-state index contributed by atoms with van der Waals surface area (Å²) in [6.45, 7) is 0. The molecule has 7 heteroatoms. The minimum Gasteiger partial charge on any atom is -0.457 e. The summed E-state index contributed by atoms with van der Waals surface area (Å²) in [5, 5.41) is 7.10. The van der Waals surface area contributed by atoms with Crippen molar-refractivity contribution in [1.82, 2.24) is 19.3 Å². The third-order valence-corrected chi connectivity index (χ3v) is 9.23. The van der Waals surface area contributed by atoms with Gasteiger partial charge in [-0.3, -0.25) is 4.57 Å². The fraction of sp³-hybridized carbons (Fsp3) is 0. The number of pyridine rings is 1. The normalized spacial score (nSPS) is 12.3. The maximum absolute atomic E-state index is 6.46. The molecule has 0 N–H and O–H groups in total. The molecule has 4 heterocycles. The van der Waals surface area contributed by atoms with Gasteiger partial charge in [-0.15, -0.1) is 0 Å². The summed E-state index contributed by atoms with van der Waals surface area (Å²) in [6.07, 6.45) is 5.81. The molecule has 5 aromatic carbocycles. The molecule has 0 amide bonds. The van der Waals surface area contributed by atoms with Crippen molar-refractivity contribution < 1.29 is 4.74 Å². The number of para-hydroxylation sites is 3. The molecule has 1 aliphatic heterocycles. The number of aromatic nitrogens is 4. The number of fused-ring (bicyclic) bond motifs is 5. The van der Waals surface area contributed by atoms with E-state index in [4.69, 9.17) is 9.84 Å². The lowest BCUT2D eigenvalue weighted by Gasteiger charge is -2.31. The van der Waals surface area contributed by atoms with Crippen LogP contribution in [0.5, 0.6) is 11.5 Å². The van der Waals surface area contributed by atoms with E-state index in [0.29, 0.717) is 0 Å². The third-order valence-electron chi connectivity index (χ3n) is 8.10. The van der Waals surface area contributed by atoms with Crippen LogP contribution in [0.3, 0.4) is 0 Å². The number of nitrogens with zero attached hydrogens (tertiary/aromatic N) is 5. The molecule has 214 valence electrons. The Morgan fingerprint density at radius 3 is 2.13 bits per heavy atom. The number of anilines is 3. The van der Waals surface area contributed by atoms with Gasteiger partial charge in [0.2, 0.25) is 0 Å². The minimum atomic E-state index is 0.731. The van der Waals surface area contributed by atoms with E-state index >= 15 is 0 Å². The molecule has 8 aromatic rings. The van der Waals surface area contributed by atoms with E-state index < -0.39 is 0 Å². The second kappa shape index (κ2) is 10.4. The van der Waals surface area contributed by atoms with Crippen LogP contribution in [0.2, 0.25) is 0 Å². The zero-order chi connectivity index (χ0) is 29.7. The van der Waals surface area contributed by atoms with E-state index in [0.717, 1.165) is 56.5 Å². The molecular formula is C38H25N5OS. The molecule has 0 spiro atoms. The second-order valence-electron chi connectivity index (χ2n) is 10.8. The lowest BCUT2D eigenvalue weighted by atomic mass is 10.1. The summed E-state index contributed by atoms with van der Waals surface area (Å²) in [5.74, 6) is 2.35. The smallest absolute Gasteiger partial charge is 0.137 e. The van der Waals surface area contributed by atoms with E-state index in [9.17, 15) is 0 Å². The van der Waals surface area contributed by atoms with Crippen molar-refractivity contribution in [2.75, 3.05) is 4.90 Å². The Morgan fingerprint density at radius 2 is 1.31 bits per heavy atom. The van der Waals surface area contributed by atoms with Gasteiger partial charge in [-0.05, 0) is 66.7 Å². The van der Waals surface area contributed by atoms with Crippen LogP contribution in [0.15, 0.2) is 162 Å². The molecule has 0 radical (unpaired) electrons. The highest BCUT2D eigenvalue weighted by Crippen LogP contribution is 2.51. The van der Waals surface area contributed by atoms with Gasteiger partial charge in [-0.25, -0.2) is 9.67 Å². The van der Waals surface area contributed by atoms with Gasteiger partial charge in [-0.2, -0.15) is 5.10 Å². The average molecular weight is 600 g/mol. The molecule has 0 fully saturated rings. The van der Waals surface area contributed by atoms with Crippen LogP contribution >= 0.6 is 11.8 Å². The molecular weight excluding hydrogens is 575 g/mol. The van der Waals surface area contributed by atoms with Crippen molar-refractivity contribution in [3.05, 3.63) is 152 Å². The van der Waals surface area contributed by atoms with Gasteiger partial charge in [-0.1, -0.05) is 66.4 Å². The van der Waals surface area contributed by atoms with Crippen molar-refractivity contribution in [3.63, 3.8) is 0 Å². The van der Waals surface area contributed by atoms with E-state index in [1.165, 1.54) is 15.2 Å². The Hall–Kier alpha value is -5.79. The molecule has 1 aliphatic rings. The second-order valence-corrected chi connectivity index (χ2v) is 11.9. The zero-order valence-corrected chi connectivity index (χ0v) is 24.8. The van der Waals surface area contributed by atoms with Crippen LogP contribution in [0, 0.1) is 0 Å². The molecule has 9 rings (SSSR count). The Labute approximate surface area is 263 Å². The van der Waals surface area contributed by atoms with Crippen LogP contribution in [-0.4, -0.2) is 19.3 Å². The standard InChI is InChI=1S/C38H25N5OS/c1-2-13-32-30(12-1)31-20-19-29(23-35(31)43(32)38-18-7-8-21-39-38)44-28-11-9-10-26(22-28)41-25-27(24-40-41)42-33-14-3-5-16-36(33)45-37-17-6-4-15-34(37)42/h1-25H. The first-order valence-electron chi connectivity index (χ1n) is 14.7. The van der Waals surface area contributed by atoms with Gasteiger partial charge >= 0.3 is 0 Å². The van der Waals surface area contributed by atoms with E-state index in [1.807, 2.05) is 65.6 Å². The van der Waals surface area contributed by atoms with E-state index in [1.54, 1.807) is 11.8 Å². The molecule has 0 aliphatic carbocycles. The van der Waals surface area contributed by atoms with Gasteiger partial charge in [0.15, 0.2) is 0 Å². The van der Waals surface area contributed by atoms with Crippen LogP contribution in [0.4, 0.5) is 17.1 Å². The highest BCUT2D eigenvalue weighted by atomic mass is 32.2. The third kappa shape index (κ3) is 4.36. The minimum absolute atomic E-state index is 0.731. The average Bonchev–Trinajstić information content (AvgIpc) is 3.71. The van der Waals surface area contributed by atoms with Crippen molar-refractivity contribution in [2.45, 2.75) is 9.79 Å². The van der Waals surface area contributed by atoms with Gasteiger partial charge in [0.05, 0.1) is 46.2 Å². The van der Waals surface area contributed by atoms with Gasteiger partial charge in [0, 0.05) is 38.9 Å². The lowest BCUT2D eigenvalue weighted by Crippen LogP contribution is -2.14. The Morgan fingerprint density at radius 1 is 0.578 bits per heavy atom. The summed E-state index contributed by atoms with van der Waals surface area (Å²) in [5.41, 5.74) is 6.36. The summed E-state index contributed by atoms with van der Waals surface area (Å²) in [4.78, 5) is 9.37. The number of rotatable bonds is 5. The first-order chi connectivity index (χ1) is 22.3. The van der Waals surface area contributed by atoms with Crippen molar-refractivity contribution >= 4 is 50.6 Å². The zero-order valence-electron chi connectivity index (χ0n) is 24.0. The largest absolute Gasteiger partial charge is 0.457 e. The Bertz CT molecular complexity index is 2310.